The zero-order valence-corrected chi connectivity index (χ0v) is 6.75. The van der Waals surface area contributed by atoms with Gasteiger partial charge in [-0.2, -0.15) is 0 Å². The maximum Gasteiger partial charge on any atom is 0.115 e. The zero-order chi connectivity index (χ0) is 8.39. The molecule has 0 unspecified atom stereocenters. The van der Waals surface area contributed by atoms with Crippen LogP contribution in [0, 0.1) is 0 Å². The highest BCUT2D eigenvalue weighted by molar-refractivity contribution is 5.29. The second-order valence-electron chi connectivity index (χ2n) is 2.94. The van der Waals surface area contributed by atoms with Crippen molar-refractivity contribution >= 4 is 0 Å². The number of aromatic hydroxyl groups is 1. The van der Waals surface area contributed by atoms with Gasteiger partial charge in [0.15, 0.2) is 0 Å². The van der Waals surface area contributed by atoms with Crippen molar-refractivity contribution in [1.29, 1.82) is 0 Å². The van der Waals surface area contributed by atoms with Gasteiger partial charge in [-0.25, -0.2) is 0 Å². The molecule has 0 spiro atoms. The summed E-state index contributed by atoms with van der Waals surface area (Å²) < 4.78 is 0. The zero-order valence-electron chi connectivity index (χ0n) is 6.75. The molecule has 0 atom stereocenters. The second kappa shape index (κ2) is 3.13. The molecule has 1 saturated heterocycles. The van der Waals surface area contributed by atoms with Crippen molar-refractivity contribution in [2.24, 2.45) is 0 Å². The van der Waals surface area contributed by atoms with E-state index in [1.54, 1.807) is 12.1 Å². The smallest absolute Gasteiger partial charge is 0.115 e. The summed E-state index contributed by atoms with van der Waals surface area (Å²) in [6, 6.07) is 7.30. The van der Waals surface area contributed by atoms with Crippen molar-refractivity contribution in [1.82, 2.24) is 10.6 Å². The maximum atomic E-state index is 9.22. The van der Waals surface area contributed by atoms with Gasteiger partial charge in [0.2, 0.25) is 0 Å². The first kappa shape index (κ1) is 7.58. The molecule has 1 heterocycles. The molecule has 0 aromatic heterocycles. The molecule has 1 fully saturated rings. The van der Waals surface area contributed by atoms with Crippen LogP contribution in [0.3, 0.4) is 0 Å². The number of hydrogen-bond donors (Lipinski definition) is 3. The Labute approximate surface area is 71.4 Å². The predicted octanol–water partition coefficient (Wildman–Crippen LogP) is 0.584. The summed E-state index contributed by atoms with van der Waals surface area (Å²) in [5, 5.41) is 15.8. The summed E-state index contributed by atoms with van der Waals surface area (Å²) in [5.41, 5.74) is 1.09. The van der Waals surface area contributed by atoms with Gasteiger partial charge in [0, 0.05) is 13.1 Å². The van der Waals surface area contributed by atoms with E-state index in [0.717, 1.165) is 18.7 Å². The molecule has 0 aliphatic carbocycles. The minimum absolute atomic E-state index is 0.206. The quantitative estimate of drug-likeness (QED) is 0.569. The van der Waals surface area contributed by atoms with E-state index < -0.39 is 0 Å². The van der Waals surface area contributed by atoms with Gasteiger partial charge in [0.05, 0.1) is 6.17 Å². The lowest BCUT2D eigenvalue weighted by Crippen LogP contribution is -2.20. The van der Waals surface area contributed by atoms with Crippen LogP contribution in [0.4, 0.5) is 0 Å². The Bertz CT molecular complexity index is 269. The van der Waals surface area contributed by atoms with Crippen molar-refractivity contribution in [3.8, 4) is 5.75 Å². The van der Waals surface area contributed by atoms with Crippen LogP contribution in [0.2, 0.25) is 0 Å². The Morgan fingerprint density at radius 1 is 1.25 bits per heavy atom. The third-order valence-corrected chi connectivity index (χ3v) is 2.03. The Balaban J connectivity index is 2.21. The summed E-state index contributed by atoms with van der Waals surface area (Å²) in [7, 11) is 0. The second-order valence-corrected chi connectivity index (χ2v) is 2.94. The molecule has 2 rings (SSSR count). The van der Waals surface area contributed by atoms with Crippen LogP contribution >= 0.6 is 0 Å². The molecular weight excluding hydrogens is 152 g/mol. The standard InChI is InChI=1S/C9H12N2O/c12-8-3-1-2-7(6-8)9-10-4-5-11-9/h1-3,6,9-12H,4-5H2. The maximum absolute atomic E-state index is 9.22. The van der Waals surface area contributed by atoms with E-state index >= 15 is 0 Å². The lowest BCUT2D eigenvalue weighted by molar-refractivity contribution is 0.472. The number of benzene rings is 1. The first-order chi connectivity index (χ1) is 5.86. The third-order valence-electron chi connectivity index (χ3n) is 2.03. The van der Waals surface area contributed by atoms with Crippen LogP contribution in [0.25, 0.3) is 0 Å². The van der Waals surface area contributed by atoms with Gasteiger partial charge >= 0.3 is 0 Å². The molecule has 0 bridgehead atoms. The number of hydrogen-bond acceptors (Lipinski definition) is 3. The fourth-order valence-corrected chi connectivity index (χ4v) is 1.45. The van der Waals surface area contributed by atoms with Crippen LogP contribution in [-0.4, -0.2) is 18.2 Å². The monoisotopic (exact) mass is 164 g/mol. The Hall–Kier alpha value is -1.06. The van der Waals surface area contributed by atoms with Crippen molar-refractivity contribution in [3.05, 3.63) is 29.8 Å². The fourth-order valence-electron chi connectivity index (χ4n) is 1.45. The minimum Gasteiger partial charge on any atom is -0.508 e. The molecule has 0 saturated carbocycles. The van der Waals surface area contributed by atoms with Gasteiger partial charge in [-0.15, -0.1) is 0 Å². The van der Waals surface area contributed by atoms with E-state index in [9.17, 15) is 5.11 Å². The summed E-state index contributed by atoms with van der Waals surface area (Å²) >= 11 is 0. The number of phenolic OH excluding ortho intramolecular Hbond substituents is 1. The Kier molecular flexibility index (Phi) is 1.98. The Morgan fingerprint density at radius 3 is 2.67 bits per heavy atom. The van der Waals surface area contributed by atoms with E-state index in [-0.39, 0.29) is 6.17 Å². The fraction of sp³-hybridized carbons (Fsp3) is 0.333. The molecule has 1 aromatic carbocycles. The average Bonchev–Trinajstić information content (AvgIpc) is 2.56. The molecule has 1 aliphatic heterocycles. The number of phenols is 1. The molecule has 0 amide bonds. The summed E-state index contributed by atoms with van der Waals surface area (Å²) in [6.45, 7) is 1.97. The van der Waals surface area contributed by atoms with E-state index in [1.165, 1.54) is 0 Å². The summed E-state index contributed by atoms with van der Waals surface area (Å²) in [4.78, 5) is 0. The van der Waals surface area contributed by atoms with Crippen molar-refractivity contribution in [3.63, 3.8) is 0 Å². The van der Waals surface area contributed by atoms with Crippen molar-refractivity contribution < 1.29 is 5.11 Å². The molecule has 3 N–H and O–H groups in total. The molecule has 0 radical (unpaired) electrons. The van der Waals surface area contributed by atoms with Gasteiger partial charge < -0.3 is 5.11 Å². The molecule has 12 heavy (non-hydrogen) atoms. The highest BCUT2D eigenvalue weighted by Gasteiger charge is 2.14. The molecular formula is C9H12N2O. The van der Waals surface area contributed by atoms with Crippen LogP contribution in [0.15, 0.2) is 24.3 Å². The normalized spacial score (nSPS) is 18.3. The van der Waals surface area contributed by atoms with E-state index in [2.05, 4.69) is 10.6 Å². The summed E-state index contributed by atoms with van der Waals surface area (Å²) in [5.74, 6) is 0.322. The molecule has 1 aromatic rings. The highest BCUT2D eigenvalue weighted by Crippen LogP contribution is 2.17. The van der Waals surface area contributed by atoms with Gasteiger partial charge in [-0.05, 0) is 17.7 Å². The van der Waals surface area contributed by atoms with Crippen LogP contribution in [-0.2, 0) is 0 Å². The lowest BCUT2D eigenvalue weighted by atomic mass is 10.2. The molecule has 3 nitrogen and oxygen atoms in total. The number of nitrogens with one attached hydrogen (secondary N) is 2. The first-order valence-electron chi connectivity index (χ1n) is 4.12. The van der Waals surface area contributed by atoms with Gasteiger partial charge in [0.1, 0.15) is 5.75 Å². The van der Waals surface area contributed by atoms with Gasteiger partial charge in [-0.3, -0.25) is 10.6 Å². The van der Waals surface area contributed by atoms with E-state index in [1.807, 2.05) is 12.1 Å². The van der Waals surface area contributed by atoms with Crippen molar-refractivity contribution in [2.45, 2.75) is 6.17 Å². The van der Waals surface area contributed by atoms with E-state index in [0.29, 0.717) is 5.75 Å². The summed E-state index contributed by atoms with van der Waals surface area (Å²) in [6.07, 6.45) is 0.206. The van der Waals surface area contributed by atoms with Crippen molar-refractivity contribution in [2.75, 3.05) is 13.1 Å². The van der Waals surface area contributed by atoms with Crippen LogP contribution in [0.1, 0.15) is 11.7 Å². The van der Waals surface area contributed by atoms with Gasteiger partial charge in [-0.1, -0.05) is 12.1 Å². The SMILES string of the molecule is Oc1cccc(C2NCCN2)c1. The molecule has 3 heteroatoms. The van der Waals surface area contributed by atoms with Crippen LogP contribution in [0.5, 0.6) is 5.75 Å². The van der Waals surface area contributed by atoms with Crippen LogP contribution < -0.4 is 10.6 Å². The molecule has 64 valence electrons. The Morgan fingerprint density at radius 2 is 2.00 bits per heavy atom. The van der Waals surface area contributed by atoms with Gasteiger partial charge in [0.25, 0.3) is 0 Å². The lowest BCUT2D eigenvalue weighted by Gasteiger charge is -2.10. The highest BCUT2D eigenvalue weighted by atomic mass is 16.3. The topological polar surface area (TPSA) is 44.3 Å². The third kappa shape index (κ3) is 1.42. The average molecular weight is 164 g/mol. The molecule has 1 aliphatic rings. The largest absolute Gasteiger partial charge is 0.508 e. The minimum atomic E-state index is 0.206. The number of rotatable bonds is 1. The predicted molar refractivity (Wildman–Crippen MR) is 46.9 cm³/mol. The van der Waals surface area contributed by atoms with E-state index in [4.69, 9.17) is 0 Å². The first-order valence-corrected chi connectivity index (χ1v) is 4.12.